The normalized spacial score (nSPS) is 11.0. The van der Waals surface area contributed by atoms with Crippen LogP contribution in [0.1, 0.15) is 43.0 Å². The number of ether oxygens (including phenoxy) is 3. The highest BCUT2D eigenvalue weighted by Crippen LogP contribution is 2.19. The molecule has 0 N–H and O–H groups in total. The molecule has 0 spiro atoms. The van der Waals surface area contributed by atoms with Crippen LogP contribution in [0.4, 0.5) is 0 Å². The van der Waals surface area contributed by atoms with Gasteiger partial charge in [-0.1, -0.05) is 18.6 Å². The first kappa shape index (κ1) is 24.3. The van der Waals surface area contributed by atoms with Crippen molar-refractivity contribution in [3.63, 3.8) is 0 Å². The Morgan fingerprint density at radius 1 is 1.17 bits per heavy atom. The molecule has 1 unspecified atom stereocenters. The van der Waals surface area contributed by atoms with E-state index >= 15 is 0 Å². The van der Waals surface area contributed by atoms with Crippen molar-refractivity contribution in [3.8, 4) is 5.75 Å². The molecule has 0 fully saturated rings. The number of rotatable bonds is 14. The van der Waals surface area contributed by atoms with E-state index in [0.29, 0.717) is 12.8 Å². The average molecular weight is 428 g/mol. The van der Waals surface area contributed by atoms with E-state index in [-0.39, 0.29) is 30.8 Å². The largest absolute Gasteiger partial charge is 0.428 e. The second kappa shape index (κ2) is 13.4. The topological polar surface area (TPSA) is 170 Å². The summed E-state index contributed by atoms with van der Waals surface area (Å²) in [6.07, 6.45) is -0.253. The molecular formula is C17H20N2O11. The molecular weight excluding hydrogens is 408 g/mol. The maximum Gasteiger partial charge on any atom is 0.344 e. The molecule has 0 aliphatic carbocycles. The van der Waals surface area contributed by atoms with Gasteiger partial charge in [-0.05, 0) is 25.0 Å². The molecule has 0 saturated carbocycles. The minimum atomic E-state index is -1.01. The highest BCUT2D eigenvalue weighted by molar-refractivity contribution is 5.93. The summed E-state index contributed by atoms with van der Waals surface area (Å²) in [5.74, 6) is -2.10. The third kappa shape index (κ3) is 9.96. The van der Waals surface area contributed by atoms with Gasteiger partial charge in [0, 0.05) is 13.3 Å². The molecule has 1 atom stereocenters. The Bertz CT molecular complexity index is 753. The number of unbranched alkanes of at least 4 members (excludes halogenated alkanes) is 1. The number of carbonyl (C=O) groups excluding carboxylic acids is 3. The van der Waals surface area contributed by atoms with Crippen LogP contribution < -0.4 is 4.74 Å². The van der Waals surface area contributed by atoms with Crippen LogP contribution in [-0.2, 0) is 28.7 Å². The highest BCUT2D eigenvalue weighted by Gasteiger charge is 2.17. The predicted octanol–water partition coefficient (Wildman–Crippen LogP) is 2.10. The van der Waals surface area contributed by atoms with E-state index in [9.17, 15) is 29.4 Å². The summed E-state index contributed by atoms with van der Waals surface area (Å²) < 4.78 is 14.5. The number of nitrogens with zero attached hydrogens (tertiary/aromatic N) is 2. The number of carbonyl (C=O) groups is 3. The minimum Gasteiger partial charge on any atom is -0.428 e. The lowest BCUT2D eigenvalue weighted by molar-refractivity contribution is -0.769. The van der Waals surface area contributed by atoms with E-state index in [1.54, 1.807) is 12.1 Å². The van der Waals surface area contributed by atoms with Gasteiger partial charge in [0.25, 0.3) is 5.09 Å². The summed E-state index contributed by atoms with van der Waals surface area (Å²) in [4.78, 5) is 63.5. The summed E-state index contributed by atoms with van der Waals surface area (Å²) in [5.41, 5.74) is -0.00684. The Morgan fingerprint density at radius 3 is 2.57 bits per heavy atom. The van der Waals surface area contributed by atoms with E-state index in [2.05, 4.69) is 15.0 Å². The van der Waals surface area contributed by atoms with E-state index < -0.39 is 35.9 Å². The second-order valence-electron chi connectivity index (χ2n) is 5.72. The SMILES string of the molecule is CC(=O)Oc1ccccc1C(=O)OCOC(=O)CCCCC(CON=O)O[N+](=O)[O-]. The Morgan fingerprint density at radius 2 is 1.90 bits per heavy atom. The maximum absolute atomic E-state index is 12.0. The molecule has 0 heterocycles. The van der Waals surface area contributed by atoms with Crippen molar-refractivity contribution in [2.45, 2.75) is 38.7 Å². The van der Waals surface area contributed by atoms with Crippen molar-refractivity contribution in [3.05, 3.63) is 44.9 Å². The number of hydrogen-bond donors (Lipinski definition) is 0. The number of esters is 3. The summed E-state index contributed by atoms with van der Waals surface area (Å²) in [5, 5.41) is 11.5. The number of benzene rings is 1. The minimum absolute atomic E-state index is 0.00684. The third-order valence-corrected chi connectivity index (χ3v) is 3.48. The Kier molecular flexibility index (Phi) is 10.9. The van der Waals surface area contributed by atoms with Crippen molar-refractivity contribution in [2.24, 2.45) is 5.34 Å². The maximum atomic E-state index is 12.0. The standard InChI is InChI=1S/C17H20N2O11/c1-12(20)29-15-8-4-3-7-14(15)17(22)27-11-26-16(21)9-5-2-6-13(10-28-18-23)30-19(24)25/h3-4,7-8,13H,2,5-6,9-11H2,1H3. The molecule has 0 amide bonds. The first-order chi connectivity index (χ1) is 14.3. The Hall–Kier alpha value is -3.77. The van der Waals surface area contributed by atoms with E-state index in [0.717, 1.165) is 0 Å². The van der Waals surface area contributed by atoms with Crippen LogP contribution in [0.2, 0.25) is 0 Å². The fourth-order valence-electron chi connectivity index (χ4n) is 2.22. The molecule has 0 aromatic heterocycles. The summed E-state index contributed by atoms with van der Waals surface area (Å²) >= 11 is 0. The van der Waals surface area contributed by atoms with Crippen LogP contribution in [0.25, 0.3) is 0 Å². The quantitative estimate of drug-likeness (QED) is 0.0808. The zero-order valence-electron chi connectivity index (χ0n) is 16.0. The monoisotopic (exact) mass is 428 g/mol. The Labute approximate surface area is 170 Å². The molecule has 1 aromatic carbocycles. The lowest BCUT2D eigenvalue weighted by atomic mass is 10.1. The average Bonchev–Trinajstić information content (AvgIpc) is 2.68. The van der Waals surface area contributed by atoms with Gasteiger partial charge in [0.15, 0.2) is 5.34 Å². The highest BCUT2D eigenvalue weighted by atomic mass is 17.0. The fourth-order valence-corrected chi connectivity index (χ4v) is 2.22. The van der Waals surface area contributed by atoms with Crippen LogP contribution >= 0.6 is 0 Å². The van der Waals surface area contributed by atoms with Gasteiger partial charge in [-0.2, -0.15) is 0 Å². The van der Waals surface area contributed by atoms with Crippen molar-refractivity contribution < 1.29 is 43.4 Å². The first-order valence-electron chi connectivity index (χ1n) is 8.69. The number of hydrogen-bond acceptors (Lipinski definition) is 12. The van der Waals surface area contributed by atoms with Crippen molar-refractivity contribution in [2.75, 3.05) is 13.4 Å². The van der Waals surface area contributed by atoms with Gasteiger partial charge in [0.1, 0.15) is 24.0 Å². The molecule has 164 valence electrons. The smallest absolute Gasteiger partial charge is 0.344 e. The van der Waals surface area contributed by atoms with Crippen LogP contribution in [0.15, 0.2) is 29.6 Å². The number of para-hydroxylation sites is 1. The van der Waals surface area contributed by atoms with Gasteiger partial charge in [0.2, 0.25) is 6.79 Å². The first-order valence-corrected chi connectivity index (χ1v) is 8.69. The van der Waals surface area contributed by atoms with E-state index in [1.807, 2.05) is 0 Å². The van der Waals surface area contributed by atoms with Gasteiger partial charge in [-0.15, -0.1) is 15.0 Å². The fraction of sp³-hybridized carbons (Fsp3) is 0.471. The zero-order valence-corrected chi connectivity index (χ0v) is 16.0. The molecule has 13 nitrogen and oxygen atoms in total. The molecule has 0 saturated heterocycles. The van der Waals surface area contributed by atoms with Crippen molar-refractivity contribution in [1.82, 2.24) is 0 Å². The molecule has 30 heavy (non-hydrogen) atoms. The summed E-state index contributed by atoms with van der Waals surface area (Å²) in [6.45, 7) is 0.152. The van der Waals surface area contributed by atoms with Gasteiger partial charge in [0.05, 0.1) is 0 Å². The molecule has 0 radical (unpaired) electrons. The lowest BCUT2D eigenvalue weighted by Gasteiger charge is -2.12. The molecule has 1 aromatic rings. The van der Waals surface area contributed by atoms with Gasteiger partial charge < -0.3 is 23.9 Å². The third-order valence-electron chi connectivity index (χ3n) is 3.48. The molecule has 13 heteroatoms. The molecule has 0 bridgehead atoms. The summed E-state index contributed by atoms with van der Waals surface area (Å²) in [6, 6.07) is 5.91. The van der Waals surface area contributed by atoms with Gasteiger partial charge >= 0.3 is 17.9 Å². The summed E-state index contributed by atoms with van der Waals surface area (Å²) in [7, 11) is 0. The molecule has 0 aliphatic rings. The van der Waals surface area contributed by atoms with Gasteiger partial charge in [-0.3, -0.25) is 9.59 Å². The second-order valence-corrected chi connectivity index (χ2v) is 5.72. The molecule has 1 rings (SSSR count). The van der Waals surface area contributed by atoms with Crippen LogP contribution in [0, 0.1) is 15.0 Å². The van der Waals surface area contributed by atoms with Crippen molar-refractivity contribution in [1.29, 1.82) is 0 Å². The van der Waals surface area contributed by atoms with E-state index in [1.165, 1.54) is 19.1 Å². The predicted molar refractivity (Wildman–Crippen MR) is 96.2 cm³/mol. The van der Waals surface area contributed by atoms with Crippen LogP contribution in [-0.4, -0.2) is 42.5 Å². The molecule has 0 aliphatic heterocycles. The van der Waals surface area contributed by atoms with E-state index in [4.69, 9.17) is 14.2 Å². The van der Waals surface area contributed by atoms with Crippen LogP contribution in [0.3, 0.4) is 0 Å². The lowest BCUT2D eigenvalue weighted by Crippen LogP contribution is -2.22. The Balaban J connectivity index is 2.32. The van der Waals surface area contributed by atoms with Crippen LogP contribution in [0.5, 0.6) is 5.75 Å². The van der Waals surface area contributed by atoms with Gasteiger partial charge in [-0.25, -0.2) is 4.79 Å². The van der Waals surface area contributed by atoms with Crippen molar-refractivity contribution >= 4 is 17.9 Å². The zero-order chi connectivity index (χ0) is 22.4.